The third kappa shape index (κ3) is 3.01. The molecule has 0 heterocycles. The van der Waals surface area contributed by atoms with Crippen molar-refractivity contribution in [3.63, 3.8) is 0 Å². The van der Waals surface area contributed by atoms with Crippen molar-refractivity contribution < 1.29 is 5.11 Å². The van der Waals surface area contributed by atoms with Crippen molar-refractivity contribution in [1.29, 1.82) is 0 Å². The van der Waals surface area contributed by atoms with E-state index in [0.29, 0.717) is 0 Å². The maximum Gasteiger partial charge on any atom is 0.0878 e. The number of thiocarbonyl (C=S) groups is 1. The number of rotatable bonds is 3. The molecule has 15 heavy (non-hydrogen) atoms. The molecule has 0 radical (unpaired) electrons. The Kier molecular flexibility index (Phi) is 4.24. The van der Waals surface area contributed by atoms with Crippen LogP contribution in [0.15, 0.2) is 30.3 Å². The van der Waals surface area contributed by atoms with Crippen LogP contribution in [-0.2, 0) is 0 Å². The number of aliphatic hydroxyl groups excluding tert-OH is 1. The molecule has 0 aromatic heterocycles. The van der Waals surface area contributed by atoms with Gasteiger partial charge < -0.3 is 10.0 Å². The third-order valence-electron chi connectivity index (χ3n) is 2.45. The molecular formula is C12H17NOS. The Morgan fingerprint density at radius 2 is 1.80 bits per heavy atom. The molecular weight excluding hydrogens is 206 g/mol. The van der Waals surface area contributed by atoms with Gasteiger partial charge in [0.2, 0.25) is 0 Å². The largest absolute Gasteiger partial charge is 0.388 e. The summed E-state index contributed by atoms with van der Waals surface area (Å²) in [6.45, 7) is 1.94. The Morgan fingerprint density at radius 3 is 2.27 bits per heavy atom. The average molecular weight is 223 g/mol. The smallest absolute Gasteiger partial charge is 0.0878 e. The van der Waals surface area contributed by atoms with Gasteiger partial charge in [0.05, 0.1) is 11.1 Å². The first kappa shape index (κ1) is 12.1. The number of hydrogen-bond acceptors (Lipinski definition) is 2. The fourth-order valence-corrected chi connectivity index (χ4v) is 1.61. The van der Waals surface area contributed by atoms with Crippen LogP contribution in [0.1, 0.15) is 18.6 Å². The highest BCUT2D eigenvalue weighted by atomic mass is 32.1. The van der Waals surface area contributed by atoms with E-state index in [-0.39, 0.29) is 5.92 Å². The molecule has 2 nitrogen and oxygen atoms in total. The molecule has 0 aliphatic heterocycles. The van der Waals surface area contributed by atoms with E-state index in [1.807, 2.05) is 56.3 Å². The summed E-state index contributed by atoms with van der Waals surface area (Å²) in [5.41, 5.74) is 0.911. The maximum atomic E-state index is 10.1. The van der Waals surface area contributed by atoms with E-state index in [9.17, 15) is 5.11 Å². The molecule has 0 amide bonds. The van der Waals surface area contributed by atoms with Crippen LogP contribution in [0.5, 0.6) is 0 Å². The quantitative estimate of drug-likeness (QED) is 0.795. The van der Waals surface area contributed by atoms with Crippen LogP contribution in [0.25, 0.3) is 0 Å². The lowest BCUT2D eigenvalue weighted by Crippen LogP contribution is -2.29. The molecule has 0 saturated carbocycles. The van der Waals surface area contributed by atoms with Gasteiger partial charge in [-0.05, 0) is 5.56 Å². The van der Waals surface area contributed by atoms with E-state index >= 15 is 0 Å². The van der Waals surface area contributed by atoms with Gasteiger partial charge in [-0.1, -0.05) is 49.5 Å². The maximum absolute atomic E-state index is 10.1. The first-order chi connectivity index (χ1) is 7.04. The summed E-state index contributed by atoms with van der Waals surface area (Å²) in [7, 11) is 3.80. The highest BCUT2D eigenvalue weighted by Crippen LogP contribution is 2.23. The number of hydrogen-bond donors (Lipinski definition) is 1. The minimum atomic E-state index is -0.527. The molecule has 0 fully saturated rings. The summed E-state index contributed by atoms with van der Waals surface area (Å²) >= 11 is 5.24. The van der Waals surface area contributed by atoms with Gasteiger partial charge in [0.25, 0.3) is 0 Å². The average Bonchev–Trinajstić information content (AvgIpc) is 2.27. The highest BCUT2D eigenvalue weighted by Gasteiger charge is 2.21. The summed E-state index contributed by atoms with van der Waals surface area (Å²) in [4.78, 5) is 2.64. The summed E-state index contributed by atoms with van der Waals surface area (Å²) in [6, 6.07) is 9.61. The lowest BCUT2D eigenvalue weighted by molar-refractivity contribution is 0.144. The number of benzene rings is 1. The highest BCUT2D eigenvalue weighted by molar-refractivity contribution is 7.80. The van der Waals surface area contributed by atoms with E-state index in [1.165, 1.54) is 0 Å². The second-order valence-electron chi connectivity index (χ2n) is 3.88. The normalized spacial score (nSPS) is 14.4. The fourth-order valence-electron chi connectivity index (χ4n) is 1.48. The first-order valence-electron chi connectivity index (χ1n) is 4.98. The van der Waals surface area contributed by atoms with Crippen molar-refractivity contribution in [2.24, 2.45) is 5.92 Å². The van der Waals surface area contributed by atoms with Crippen molar-refractivity contribution >= 4 is 17.2 Å². The Hall–Kier alpha value is -0.930. The molecule has 1 aromatic rings. The lowest BCUT2D eigenvalue weighted by Gasteiger charge is -2.24. The van der Waals surface area contributed by atoms with Crippen molar-refractivity contribution in [3.05, 3.63) is 35.9 Å². The zero-order valence-electron chi connectivity index (χ0n) is 9.34. The van der Waals surface area contributed by atoms with Gasteiger partial charge in [-0.3, -0.25) is 0 Å². The van der Waals surface area contributed by atoms with Crippen LogP contribution in [-0.4, -0.2) is 29.1 Å². The van der Waals surface area contributed by atoms with Gasteiger partial charge in [-0.25, -0.2) is 0 Å². The van der Waals surface area contributed by atoms with Crippen LogP contribution in [0.3, 0.4) is 0 Å². The Morgan fingerprint density at radius 1 is 1.27 bits per heavy atom. The van der Waals surface area contributed by atoms with Gasteiger partial charge >= 0.3 is 0 Å². The molecule has 0 spiro atoms. The fraction of sp³-hybridized carbons (Fsp3) is 0.417. The Bertz CT molecular complexity index is 324. The van der Waals surface area contributed by atoms with Crippen LogP contribution < -0.4 is 0 Å². The van der Waals surface area contributed by atoms with Crippen LogP contribution in [0, 0.1) is 5.92 Å². The summed E-state index contributed by atoms with van der Waals surface area (Å²) in [5, 5.41) is 10.1. The monoisotopic (exact) mass is 223 g/mol. The second-order valence-corrected chi connectivity index (χ2v) is 4.30. The van der Waals surface area contributed by atoms with Crippen molar-refractivity contribution in [2.75, 3.05) is 14.1 Å². The molecule has 82 valence electrons. The first-order valence-corrected chi connectivity index (χ1v) is 5.39. The topological polar surface area (TPSA) is 23.5 Å². The molecule has 0 aliphatic rings. The number of nitrogens with zero attached hydrogens (tertiary/aromatic N) is 1. The van der Waals surface area contributed by atoms with E-state index in [1.54, 1.807) is 0 Å². The molecule has 1 aromatic carbocycles. The van der Waals surface area contributed by atoms with Crippen LogP contribution in [0.4, 0.5) is 0 Å². The van der Waals surface area contributed by atoms with Gasteiger partial charge in [-0.2, -0.15) is 0 Å². The molecule has 3 heteroatoms. The Balaban J connectivity index is 2.77. The molecule has 0 aliphatic carbocycles. The third-order valence-corrected chi connectivity index (χ3v) is 3.18. The van der Waals surface area contributed by atoms with Gasteiger partial charge in [-0.15, -0.1) is 0 Å². The van der Waals surface area contributed by atoms with Gasteiger partial charge in [0.1, 0.15) is 0 Å². The SMILES string of the molecule is C[C@H](C(=S)N(C)C)[C@H](O)c1ccccc1. The summed E-state index contributed by atoms with van der Waals surface area (Å²) in [5.74, 6) is -0.0441. The van der Waals surface area contributed by atoms with E-state index in [4.69, 9.17) is 12.2 Å². The minimum absolute atomic E-state index is 0.0441. The molecule has 0 saturated heterocycles. The number of aliphatic hydroxyl groups is 1. The summed E-state index contributed by atoms with van der Waals surface area (Å²) < 4.78 is 0. The zero-order valence-corrected chi connectivity index (χ0v) is 10.2. The second kappa shape index (κ2) is 5.24. The molecule has 1 rings (SSSR count). The summed E-state index contributed by atoms with van der Waals surface area (Å²) in [6.07, 6.45) is -0.527. The molecule has 0 unspecified atom stereocenters. The van der Waals surface area contributed by atoms with Crippen molar-refractivity contribution in [3.8, 4) is 0 Å². The zero-order chi connectivity index (χ0) is 11.4. The minimum Gasteiger partial charge on any atom is -0.388 e. The Labute approximate surface area is 96.5 Å². The lowest BCUT2D eigenvalue weighted by atomic mass is 9.97. The van der Waals surface area contributed by atoms with Gasteiger partial charge in [0.15, 0.2) is 0 Å². The van der Waals surface area contributed by atoms with E-state index < -0.39 is 6.10 Å². The molecule has 1 N–H and O–H groups in total. The van der Waals surface area contributed by atoms with Crippen LogP contribution >= 0.6 is 12.2 Å². The van der Waals surface area contributed by atoms with E-state index in [0.717, 1.165) is 10.6 Å². The van der Waals surface area contributed by atoms with Gasteiger partial charge in [0, 0.05) is 20.0 Å². The van der Waals surface area contributed by atoms with Crippen molar-refractivity contribution in [2.45, 2.75) is 13.0 Å². The molecule has 0 bridgehead atoms. The standard InChI is InChI=1S/C12H17NOS/c1-9(12(15)13(2)3)11(14)10-7-5-4-6-8-10/h4-9,11,14H,1-3H3/t9-,11-/m0/s1. The van der Waals surface area contributed by atoms with Crippen LogP contribution in [0.2, 0.25) is 0 Å². The van der Waals surface area contributed by atoms with E-state index in [2.05, 4.69) is 0 Å². The predicted molar refractivity (Wildman–Crippen MR) is 66.9 cm³/mol. The van der Waals surface area contributed by atoms with Crippen molar-refractivity contribution in [1.82, 2.24) is 4.90 Å². The predicted octanol–water partition coefficient (Wildman–Crippen LogP) is 2.25. The molecule has 2 atom stereocenters.